The Bertz CT molecular complexity index is 859. The summed E-state index contributed by atoms with van der Waals surface area (Å²) >= 11 is 0. The second-order valence-electron chi connectivity index (χ2n) is 5.13. The fraction of sp³-hybridized carbons (Fsp3) is 0.111. The van der Waals surface area contributed by atoms with E-state index >= 15 is 0 Å². The Morgan fingerprint density at radius 2 is 2.04 bits per heavy atom. The molecule has 2 aromatic carbocycles. The maximum atomic E-state index is 13.5. The number of nitrogens with zero attached hydrogens (tertiary/aromatic N) is 1. The second-order valence-corrected chi connectivity index (χ2v) is 5.13. The molecule has 0 saturated heterocycles. The van der Waals surface area contributed by atoms with Crippen molar-refractivity contribution in [2.24, 2.45) is 0 Å². The lowest BCUT2D eigenvalue weighted by atomic mass is 10.2. The van der Waals surface area contributed by atoms with E-state index in [2.05, 4.69) is 10.3 Å². The number of fused-ring (bicyclic) bond motifs is 1. The predicted molar refractivity (Wildman–Crippen MR) is 87.0 cm³/mol. The van der Waals surface area contributed by atoms with Gasteiger partial charge in [-0.1, -0.05) is 24.3 Å². The molecule has 3 aromatic rings. The highest BCUT2D eigenvalue weighted by Crippen LogP contribution is 2.22. The molecule has 0 aliphatic rings. The average Bonchev–Trinajstić information content (AvgIpc) is 2.56. The Labute approximate surface area is 132 Å². The zero-order valence-electron chi connectivity index (χ0n) is 12.5. The molecule has 0 fully saturated rings. The molecule has 0 aliphatic heterocycles. The van der Waals surface area contributed by atoms with Crippen LogP contribution in [0, 0.1) is 12.7 Å². The van der Waals surface area contributed by atoms with Gasteiger partial charge >= 0.3 is 0 Å². The molecule has 116 valence electrons. The first kappa shape index (κ1) is 15.0. The largest absolute Gasteiger partial charge is 0.481 e. The molecular formula is C18H15FN2O2. The molecule has 1 N–H and O–H groups in total. The summed E-state index contributed by atoms with van der Waals surface area (Å²) in [5.74, 6) is -0.184. The zero-order valence-corrected chi connectivity index (χ0v) is 12.5. The molecule has 0 aliphatic carbocycles. The molecule has 5 heteroatoms. The van der Waals surface area contributed by atoms with Crippen LogP contribution in [-0.2, 0) is 4.79 Å². The Kier molecular flexibility index (Phi) is 4.19. The van der Waals surface area contributed by atoms with Crippen molar-refractivity contribution in [2.45, 2.75) is 6.92 Å². The highest BCUT2D eigenvalue weighted by molar-refractivity contribution is 5.92. The van der Waals surface area contributed by atoms with Gasteiger partial charge in [-0.15, -0.1) is 0 Å². The van der Waals surface area contributed by atoms with Gasteiger partial charge in [-0.2, -0.15) is 0 Å². The molecule has 23 heavy (non-hydrogen) atoms. The summed E-state index contributed by atoms with van der Waals surface area (Å²) in [5, 5.41) is 3.54. The van der Waals surface area contributed by atoms with E-state index in [1.54, 1.807) is 31.3 Å². The molecular weight excluding hydrogens is 295 g/mol. The highest BCUT2D eigenvalue weighted by Gasteiger charge is 2.08. The maximum absolute atomic E-state index is 13.5. The molecule has 0 unspecified atom stereocenters. The fourth-order valence-electron chi connectivity index (χ4n) is 2.20. The monoisotopic (exact) mass is 310 g/mol. The number of para-hydroxylation sites is 1. The van der Waals surface area contributed by atoms with Crippen molar-refractivity contribution in [1.82, 2.24) is 4.98 Å². The van der Waals surface area contributed by atoms with Crippen LogP contribution in [0.4, 0.5) is 10.1 Å². The molecule has 0 radical (unpaired) electrons. The van der Waals surface area contributed by atoms with Crippen molar-refractivity contribution in [3.63, 3.8) is 0 Å². The summed E-state index contributed by atoms with van der Waals surface area (Å²) in [6.45, 7) is 1.49. The number of anilines is 1. The third kappa shape index (κ3) is 3.45. The normalized spacial score (nSPS) is 10.5. The number of pyridine rings is 1. The van der Waals surface area contributed by atoms with Crippen LogP contribution in [0.25, 0.3) is 10.9 Å². The number of hydrogen-bond donors (Lipinski definition) is 1. The molecule has 1 heterocycles. The van der Waals surface area contributed by atoms with E-state index in [1.807, 2.05) is 24.3 Å². The van der Waals surface area contributed by atoms with E-state index in [0.29, 0.717) is 22.5 Å². The minimum absolute atomic E-state index is 0.175. The summed E-state index contributed by atoms with van der Waals surface area (Å²) in [6, 6.07) is 13.8. The summed E-state index contributed by atoms with van der Waals surface area (Å²) in [7, 11) is 0. The Hall–Kier alpha value is -2.95. The molecule has 1 aromatic heterocycles. The van der Waals surface area contributed by atoms with E-state index in [4.69, 9.17) is 4.74 Å². The first-order valence-electron chi connectivity index (χ1n) is 7.16. The summed E-state index contributed by atoms with van der Waals surface area (Å²) in [5.41, 5.74) is 1.63. The quantitative estimate of drug-likeness (QED) is 0.799. The van der Waals surface area contributed by atoms with Crippen LogP contribution in [0.2, 0.25) is 0 Å². The topological polar surface area (TPSA) is 51.2 Å². The van der Waals surface area contributed by atoms with Gasteiger partial charge in [0.1, 0.15) is 17.1 Å². The number of hydrogen-bond acceptors (Lipinski definition) is 3. The maximum Gasteiger partial charge on any atom is 0.262 e. The van der Waals surface area contributed by atoms with Gasteiger partial charge in [-0.25, -0.2) is 4.39 Å². The van der Waals surface area contributed by atoms with Crippen molar-refractivity contribution < 1.29 is 13.9 Å². The number of halogens is 1. The van der Waals surface area contributed by atoms with Crippen LogP contribution in [-0.4, -0.2) is 17.5 Å². The molecule has 1 amide bonds. The van der Waals surface area contributed by atoms with E-state index < -0.39 is 0 Å². The highest BCUT2D eigenvalue weighted by atomic mass is 19.1. The lowest BCUT2D eigenvalue weighted by Gasteiger charge is -2.09. The van der Waals surface area contributed by atoms with Gasteiger partial charge in [-0.05, 0) is 36.8 Å². The van der Waals surface area contributed by atoms with E-state index in [-0.39, 0.29) is 18.3 Å². The van der Waals surface area contributed by atoms with E-state index in [9.17, 15) is 9.18 Å². The predicted octanol–water partition coefficient (Wildman–Crippen LogP) is 3.70. The van der Waals surface area contributed by atoms with Crippen LogP contribution >= 0.6 is 0 Å². The van der Waals surface area contributed by atoms with Crippen molar-refractivity contribution in [3.8, 4) is 5.75 Å². The number of rotatable bonds is 4. The number of benzene rings is 2. The summed E-state index contributed by atoms with van der Waals surface area (Å²) in [6.07, 6.45) is 1.67. The molecule has 0 spiro atoms. The number of nitrogens with one attached hydrogen (secondary N) is 1. The molecule has 0 bridgehead atoms. The molecule has 3 rings (SSSR count). The minimum atomic E-state index is -0.360. The Morgan fingerprint density at radius 3 is 2.87 bits per heavy atom. The van der Waals surface area contributed by atoms with Gasteiger partial charge in [0.05, 0.1) is 0 Å². The van der Waals surface area contributed by atoms with Crippen LogP contribution in [0.15, 0.2) is 54.7 Å². The zero-order chi connectivity index (χ0) is 16.2. The van der Waals surface area contributed by atoms with Crippen LogP contribution in [0.3, 0.4) is 0 Å². The van der Waals surface area contributed by atoms with E-state index in [0.717, 1.165) is 5.39 Å². The van der Waals surface area contributed by atoms with E-state index in [1.165, 1.54) is 6.07 Å². The van der Waals surface area contributed by atoms with Gasteiger partial charge in [0.25, 0.3) is 5.91 Å². The molecule has 0 atom stereocenters. The Balaban J connectivity index is 1.67. The molecule has 0 saturated carbocycles. The standard InChI is InChI=1S/C18H15FN2O2/c1-12-7-8-14(10-15(12)19)21-17(22)11-23-16-6-2-4-13-5-3-9-20-18(13)16/h2-10H,11H2,1H3,(H,21,22). The van der Waals surface area contributed by atoms with Gasteiger partial charge < -0.3 is 10.1 Å². The first-order valence-corrected chi connectivity index (χ1v) is 7.16. The third-order valence-corrected chi connectivity index (χ3v) is 3.41. The lowest BCUT2D eigenvalue weighted by molar-refractivity contribution is -0.118. The van der Waals surface area contributed by atoms with Crippen molar-refractivity contribution in [1.29, 1.82) is 0 Å². The average molecular weight is 310 g/mol. The SMILES string of the molecule is Cc1ccc(NC(=O)COc2cccc3cccnc23)cc1F. The van der Waals surface area contributed by atoms with Gasteiger partial charge in [-0.3, -0.25) is 9.78 Å². The van der Waals surface area contributed by atoms with Crippen LogP contribution in [0.1, 0.15) is 5.56 Å². The number of carbonyl (C=O) groups is 1. The van der Waals surface area contributed by atoms with Crippen molar-refractivity contribution in [3.05, 3.63) is 66.1 Å². The summed E-state index contributed by atoms with van der Waals surface area (Å²) < 4.78 is 19.0. The second kappa shape index (κ2) is 6.44. The van der Waals surface area contributed by atoms with Gasteiger partial charge in [0, 0.05) is 17.3 Å². The lowest BCUT2D eigenvalue weighted by Crippen LogP contribution is -2.20. The summed E-state index contributed by atoms with van der Waals surface area (Å²) in [4.78, 5) is 16.2. The molecule has 4 nitrogen and oxygen atoms in total. The van der Waals surface area contributed by atoms with Crippen LogP contribution in [0.5, 0.6) is 5.75 Å². The van der Waals surface area contributed by atoms with Crippen LogP contribution < -0.4 is 10.1 Å². The number of aryl methyl sites for hydroxylation is 1. The minimum Gasteiger partial charge on any atom is -0.481 e. The number of aromatic nitrogens is 1. The third-order valence-electron chi connectivity index (χ3n) is 3.41. The smallest absolute Gasteiger partial charge is 0.262 e. The van der Waals surface area contributed by atoms with Gasteiger partial charge in [0.15, 0.2) is 6.61 Å². The number of carbonyl (C=O) groups excluding carboxylic acids is 1. The van der Waals surface area contributed by atoms with Gasteiger partial charge in [0.2, 0.25) is 0 Å². The fourth-order valence-corrected chi connectivity index (χ4v) is 2.20. The van der Waals surface area contributed by atoms with Crippen molar-refractivity contribution >= 4 is 22.5 Å². The first-order chi connectivity index (χ1) is 11.1. The van der Waals surface area contributed by atoms with Crippen molar-refractivity contribution in [2.75, 3.05) is 11.9 Å². The Morgan fingerprint density at radius 1 is 1.22 bits per heavy atom. The number of amides is 1. The number of ether oxygens (including phenoxy) is 1.